The van der Waals surface area contributed by atoms with Gasteiger partial charge in [0.15, 0.2) is 11.5 Å². The van der Waals surface area contributed by atoms with Gasteiger partial charge in [-0.05, 0) is 17.7 Å². The lowest BCUT2D eigenvalue weighted by atomic mass is 9.94. The zero-order valence-electron chi connectivity index (χ0n) is 22.1. The van der Waals surface area contributed by atoms with Crippen LogP contribution in [0.15, 0.2) is 46.2 Å². The van der Waals surface area contributed by atoms with Gasteiger partial charge >= 0.3 is 0 Å². The number of pyridine rings is 1. The predicted octanol–water partition coefficient (Wildman–Crippen LogP) is 3.62. The summed E-state index contributed by atoms with van der Waals surface area (Å²) in [4.78, 5) is 29.5. The van der Waals surface area contributed by atoms with E-state index in [4.69, 9.17) is 9.47 Å². The molecule has 1 fully saturated rings. The molecule has 0 bridgehead atoms. The molecule has 0 radical (unpaired) electrons. The van der Waals surface area contributed by atoms with E-state index >= 15 is 4.39 Å². The second kappa shape index (κ2) is 9.80. The number of rotatable bonds is 3. The molecule has 3 atom stereocenters. The summed E-state index contributed by atoms with van der Waals surface area (Å²) in [5.74, 6) is -2.70. The molecule has 1 unspecified atom stereocenters. The summed E-state index contributed by atoms with van der Waals surface area (Å²) in [7, 11) is 0. The van der Waals surface area contributed by atoms with Gasteiger partial charge in [0.2, 0.25) is 23.3 Å². The molecule has 40 heavy (non-hydrogen) atoms. The number of halogens is 2. The van der Waals surface area contributed by atoms with E-state index in [1.54, 1.807) is 25.7 Å². The zero-order chi connectivity index (χ0) is 28.3. The molecule has 3 aliphatic heterocycles. The van der Waals surface area contributed by atoms with Gasteiger partial charge in [0.05, 0.1) is 13.2 Å². The highest BCUT2D eigenvalue weighted by Gasteiger charge is 2.47. The van der Waals surface area contributed by atoms with Crippen molar-refractivity contribution in [1.29, 1.82) is 0 Å². The van der Waals surface area contributed by atoms with Gasteiger partial charge in [-0.25, -0.2) is 4.39 Å². The minimum absolute atomic E-state index is 0.0727. The van der Waals surface area contributed by atoms with Crippen LogP contribution in [0.3, 0.4) is 0 Å². The van der Waals surface area contributed by atoms with Gasteiger partial charge < -0.3 is 19.5 Å². The van der Waals surface area contributed by atoms with E-state index < -0.39 is 46.9 Å². The molecular weight excluding hydrogens is 540 g/mol. The summed E-state index contributed by atoms with van der Waals surface area (Å²) in [6.07, 6.45) is -0.583. The maximum Gasteiger partial charge on any atom is 0.278 e. The van der Waals surface area contributed by atoms with Crippen molar-refractivity contribution in [2.75, 3.05) is 24.8 Å². The fraction of sp³-hybridized carbons (Fsp3) is 0.379. The summed E-state index contributed by atoms with van der Waals surface area (Å²) < 4.78 is 42.7. The largest absolute Gasteiger partial charge is 0.458 e. The van der Waals surface area contributed by atoms with Crippen LogP contribution in [-0.2, 0) is 10.5 Å². The van der Waals surface area contributed by atoms with Gasteiger partial charge in [-0.1, -0.05) is 45.0 Å². The number of hydrogen-bond acceptors (Lipinski definition) is 7. The first-order chi connectivity index (χ1) is 19.1. The van der Waals surface area contributed by atoms with Crippen LogP contribution in [0.25, 0.3) is 0 Å². The SMILES string of the molecule is CC(C)(C)C(O)Oc1c2n(ccc1=O)N([C@H]1c3c#cc(F)c(F)c3CSc3ccccc31)[C@@H]1COCCN1C2=O. The maximum atomic E-state index is 15.2. The number of morpholine rings is 1. The standard InChI is InChI=1S/C29H27F2N3O5S/c1-29(2,3)28(37)39-26-20(35)10-11-33-25(26)27(36)32-12-13-38-14-22(32)34(33)24-16-8-9-19(30)23(31)18(16)15-40-21-7-5-4-6-17(21)24/h4-7,10-11,22,24,28,37H,12-15H2,1-3H3/t22-,24+,28?/m1/s1. The third-order valence-corrected chi connectivity index (χ3v) is 8.46. The highest BCUT2D eigenvalue weighted by Crippen LogP contribution is 2.44. The normalized spacial score (nSPS) is 20.9. The average molecular weight is 568 g/mol. The van der Waals surface area contributed by atoms with Crippen molar-refractivity contribution in [3.8, 4) is 5.75 Å². The Labute approximate surface area is 234 Å². The summed E-state index contributed by atoms with van der Waals surface area (Å²) in [5, 5.41) is 12.6. The van der Waals surface area contributed by atoms with Crippen LogP contribution in [0.1, 0.15) is 54.0 Å². The summed E-state index contributed by atoms with van der Waals surface area (Å²) in [5.41, 5.74) is -0.107. The Morgan fingerprint density at radius 3 is 2.73 bits per heavy atom. The average Bonchev–Trinajstić information content (AvgIpc) is 3.09. The molecule has 1 N–H and O–H groups in total. The molecule has 4 heterocycles. The number of ether oxygens (including phenoxy) is 2. The van der Waals surface area contributed by atoms with Crippen molar-refractivity contribution in [2.45, 2.75) is 49.9 Å². The van der Waals surface area contributed by atoms with E-state index in [0.29, 0.717) is 5.56 Å². The van der Waals surface area contributed by atoms with E-state index in [0.717, 1.165) is 10.5 Å². The van der Waals surface area contributed by atoms with Gasteiger partial charge in [-0.3, -0.25) is 19.3 Å². The van der Waals surface area contributed by atoms with Crippen molar-refractivity contribution >= 4 is 17.7 Å². The monoisotopic (exact) mass is 567 g/mol. The van der Waals surface area contributed by atoms with Crippen molar-refractivity contribution in [3.05, 3.63) is 92.9 Å². The molecule has 0 spiro atoms. The van der Waals surface area contributed by atoms with Crippen molar-refractivity contribution < 1.29 is 28.2 Å². The van der Waals surface area contributed by atoms with E-state index in [1.807, 2.05) is 29.3 Å². The fourth-order valence-corrected chi connectivity index (χ4v) is 6.32. The lowest BCUT2D eigenvalue weighted by Crippen LogP contribution is -2.66. The quantitative estimate of drug-likeness (QED) is 0.484. The van der Waals surface area contributed by atoms with Gasteiger partial charge in [0.1, 0.15) is 12.2 Å². The van der Waals surface area contributed by atoms with E-state index in [9.17, 15) is 19.1 Å². The Morgan fingerprint density at radius 2 is 1.95 bits per heavy atom. The van der Waals surface area contributed by atoms with E-state index in [-0.39, 0.29) is 42.5 Å². The molecular formula is C29H27F2N3O5S. The molecule has 2 aromatic carbocycles. The number of aromatic nitrogens is 1. The highest BCUT2D eigenvalue weighted by molar-refractivity contribution is 7.98. The van der Waals surface area contributed by atoms with Crippen molar-refractivity contribution in [3.63, 3.8) is 0 Å². The number of fused-ring (bicyclic) bond motifs is 4. The molecule has 6 rings (SSSR count). The van der Waals surface area contributed by atoms with E-state index in [2.05, 4.69) is 12.1 Å². The first kappa shape index (κ1) is 26.6. The molecule has 0 aliphatic carbocycles. The van der Waals surface area contributed by atoms with Crippen molar-refractivity contribution in [2.24, 2.45) is 5.41 Å². The van der Waals surface area contributed by atoms with Gasteiger partial charge in [0, 0.05) is 46.0 Å². The number of thioether (sulfide) groups is 1. The highest BCUT2D eigenvalue weighted by atomic mass is 32.2. The van der Waals surface area contributed by atoms with Crippen molar-refractivity contribution in [1.82, 2.24) is 9.58 Å². The summed E-state index contributed by atoms with van der Waals surface area (Å²) in [6, 6.07) is 13.2. The van der Waals surface area contributed by atoms with Crippen LogP contribution in [0.5, 0.6) is 5.75 Å². The van der Waals surface area contributed by atoms with Crippen LogP contribution >= 0.6 is 11.8 Å². The van der Waals surface area contributed by atoms with Crippen LogP contribution < -0.4 is 15.2 Å². The first-order valence-electron chi connectivity index (χ1n) is 12.9. The smallest absolute Gasteiger partial charge is 0.278 e. The molecule has 3 aliphatic rings. The Hall–Kier alpha value is -3.59. The number of aliphatic hydroxyl groups excluding tert-OH is 1. The number of carbonyl (C=O) groups excluding carboxylic acids is 1. The Morgan fingerprint density at radius 1 is 1.18 bits per heavy atom. The molecule has 0 saturated carbocycles. The number of carbonyl (C=O) groups is 1. The van der Waals surface area contributed by atoms with Crippen LogP contribution in [-0.4, -0.2) is 52.8 Å². The number of hydrogen-bond donors (Lipinski definition) is 1. The minimum Gasteiger partial charge on any atom is -0.458 e. The second-order valence-electron chi connectivity index (χ2n) is 11.0. The predicted molar refractivity (Wildman–Crippen MR) is 143 cm³/mol. The minimum atomic E-state index is -1.38. The third-order valence-electron chi connectivity index (χ3n) is 7.34. The second-order valence-corrected chi connectivity index (χ2v) is 12.0. The van der Waals surface area contributed by atoms with Gasteiger partial charge in [-0.15, -0.1) is 11.8 Å². The summed E-state index contributed by atoms with van der Waals surface area (Å²) in [6.45, 7) is 5.87. The van der Waals surface area contributed by atoms with E-state index in [1.165, 1.54) is 28.7 Å². The molecule has 3 aromatic rings. The number of nitrogens with zero attached hydrogens (tertiary/aromatic N) is 3. The molecule has 1 amide bonds. The van der Waals surface area contributed by atoms with Crippen LogP contribution in [0.4, 0.5) is 8.78 Å². The lowest BCUT2D eigenvalue weighted by Gasteiger charge is -2.51. The third kappa shape index (κ3) is 4.22. The fourth-order valence-electron chi connectivity index (χ4n) is 5.22. The Bertz CT molecular complexity index is 1560. The van der Waals surface area contributed by atoms with Crippen LogP contribution in [0, 0.1) is 29.2 Å². The summed E-state index contributed by atoms with van der Waals surface area (Å²) >= 11 is 1.37. The first-order valence-corrected chi connectivity index (χ1v) is 13.9. The van der Waals surface area contributed by atoms with Gasteiger partial charge in [-0.2, -0.15) is 4.39 Å². The lowest BCUT2D eigenvalue weighted by molar-refractivity contribution is -0.0949. The maximum absolute atomic E-state index is 15.2. The Balaban J connectivity index is 1.63. The number of amides is 1. The topological polar surface area (TPSA) is 84.2 Å². The molecule has 1 aromatic heterocycles. The molecule has 208 valence electrons. The van der Waals surface area contributed by atoms with Gasteiger partial charge in [0.25, 0.3) is 5.91 Å². The number of aliphatic hydroxyl groups is 1. The Kier molecular flexibility index (Phi) is 6.52. The molecule has 8 nitrogen and oxygen atoms in total. The zero-order valence-corrected chi connectivity index (χ0v) is 22.9. The molecule has 1 saturated heterocycles. The van der Waals surface area contributed by atoms with Crippen LogP contribution in [0.2, 0.25) is 0 Å². The molecule has 11 heteroatoms. The number of benzene rings is 1.